The average molecular weight is 288 g/mol. The fourth-order valence-electron chi connectivity index (χ4n) is 3.98. The third-order valence-electron chi connectivity index (χ3n) is 5.30. The second-order valence-electron chi connectivity index (χ2n) is 6.98. The molecule has 0 N–H and O–H groups in total. The summed E-state index contributed by atoms with van der Waals surface area (Å²) in [6, 6.07) is 2.62. The maximum absolute atomic E-state index is 12.1. The average Bonchev–Trinajstić information content (AvgIpc) is 3.17. The molecule has 0 atom stereocenters. The van der Waals surface area contributed by atoms with Gasteiger partial charge in [0.25, 0.3) is 0 Å². The highest BCUT2D eigenvalue weighted by atomic mass is 16.1. The summed E-state index contributed by atoms with van der Waals surface area (Å²) in [7, 11) is 0. The first kappa shape index (κ1) is 14.8. The molecule has 0 aromatic carbocycles. The van der Waals surface area contributed by atoms with Gasteiger partial charge in [-0.3, -0.25) is 9.48 Å². The lowest BCUT2D eigenvalue weighted by Gasteiger charge is -2.20. The third-order valence-corrected chi connectivity index (χ3v) is 5.30. The highest BCUT2D eigenvalue weighted by molar-refractivity contribution is 5.80. The largest absolute Gasteiger partial charge is 0.299 e. The monoisotopic (exact) mass is 288 g/mol. The van der Waals surface area contributed by atoms with E-state index in [-0.39, 0.29) is 0 Å². The summed E-state index contributed by atoms with van der Waals surface area (Å²) in [6.45, 7) is 0. The molecule has 1 aromatic rings. The molecule has 0 radical (unpaired) electrons. The molecule has 0 aliphatic heterocycles. The number of rotatable bonds is 6. The first-order valence-electron chi connectivity index (χ1n) is 8.87. The SMILES string of the molecule is O=C(CCC1CCCCC1)Cc1ccn(C2CCCC2)n1. The predicted molar refractivity (Wildman–Crippen MR) is 84.3 cm³/mol. The maximum atomic E-state index is 12.1. The van der Waals surface area contributed by atoms with Crippen molar-refractivity contribution in [2.45, 2.75) is 83.1 Å². The van der Waals surface area contributed by atoms with Crippen LogP contribution in [0.5, 0.6) is 0 Å². The molecule has 1 aromatic heterocycles. The molecule has 3 rings (SSSR count). The molecule has 0 bridgehead atoms. The number of hydrogen-bond acceptors (Lipinski definition) is 2. The van der Waals surface area contributed by atoms with E-state index >= 15 is 0 Å². The van der Waals surface area contributed by atoms with Crippen LogP contribution in [0.15, 0.2) is 12.3 Å². The Morgan fingerprint density at radius 2 is 1.81 bits per heavy atom. The molecule has 3 heteroatoms. The zero-order chi connectivity index (χ0) is 14.5. The second-order valence-corrected chi connectivity index (χ2v) is 6.98. The van der Waals surface area contributed by atoms with Gasteiger partial charge >= 0.3 is 0 Å². The van der Waals surface area contributed by atoms with Crippen LogP contribution >= 0.6 is 0 Å². The van der Waals surface area contributed by atoms with Crippen molar-refractivity contribution in [1.82, 2.24) is 9.78 Å². The quantitative estimate of drug-likeness (QED) is 0.774. The molecular formula is C18H28N2O. The van der Waals surface area contributed by atoms with Crippen LogP contribution in [0.1, 0.15) is 82.4 Å². The van der Waals surface area contributed by atoms with Crippen LogP contribution in [-0.2, 0) is 11.2 Å². The van der Waals surface area contributed by atoms with Crippen molar-refractivity contribution in [3.05, 3.63) is 18.0 Å². The molecule has 2 fully saturated rings. The Bertz CT molecular complexity index is 454. The molecule has 116 valence electrons. The summed E-state index contributed by atoms with van der Waals surface area (Å²) in [5.74, 6) is 1.18. The molecule has 0 unspecified atom stereocenters. The predicted octanol–water partition coefficient (Wildman–Crippen LogP) is 4.47. The number of hydrogen-bond donors (Lipinski definition) is 0. The minimum absolute atomic E-state index is 0.372. The lowest BCUT2D eigenvalue weighted by Crippen LogP contribution is -2.11. The Labute approximate surface area is 128 Å². The summed E-state index contributed by atoms with van der Waals surface area (Å²) < 4.78 is 2.09. The van der Waals surface area contributed by atoms with Crippen LogP contribution in [0.4, 0.5) is 0 Å². The van der Waals surface area contributed by atoms with Crippen LogP contribution in [0.25, 0.3) is 0 Å². The first-order chi connectivity index (χ1) is 10.3. The molecule has 1 heterocycles. The summed E-state index contributed by atoms with van der Waals surface area (Å²) in [6.07, 6.45) is 16.4. The van der Waals surface area contributed by atoms with Crippen LogP contribution in [0.3, 0.4) is 0 Å². The van der Waals surface area contributed by atoms with E-state index in [2.05, 4.69) is 16.0 Å². The minimum atomic E-state index is 0.372. The van der Waals surface area contributed by atoms with E-state index in [1.807, 2.05) is 6.07 Å². The molecule has 21 heavy (non-hydrogen) atoms. The summed E-state index contributed by atoms with van der Waals surface area (Å²) in [5.41, 5.74) is 0.968. The summed E-state index contributed by atoms with van der Waals surface area (Å²) in [4.78, 5) is 12.1. The molecule has 2 saturated carbocycles. The summed E-state index contributed by atoms with van der Waals surface area (Å²) in [5, 5.41) is 4.62. The molecule has 0 saturated heterocycles. The van der Waals surface area contributed by atoms with Gasteiger partial charge in [0.2, 0.25) is 0 Å². The van der Waals surface area contributed by atoms with E-state index < -0.39 is 0 Å². The molecule has 3 nitrogen and oxygen atoms in total. The topological polar surface area (TPSA) is 34.9 Å². The van der Waals surface area contributed by atoms with Gasteiger partial charge in [0.1, 0.15) is 5.78 Å². The number of Topliss-reactive ketones (excluding diaryl/α,β-unsaturated/α-hetero) is 1. The van der Waals surface area contributed by atoms with E-state index in [9.17, 15) is 4.79 Å². The van der Waals surface area contributed by atoms with Crippen LogP contribution in [0.2, 0.25) is 0 Å². The van der Waals surface area contributed by atoms with E-state index in [1.165, 1.54) is 57.8 Å². The fraction of sp³-hybridized carbons (Fsp3) is 0.778. The normalized spacial score (nSPS) is 21.0. The number of aromatic nitrogens is 2. The van der Waals surface area contributed by atoms with Crippen LogP contribution in [-0.4, -0.2) is 15.6 Å². The summed E-state index contributed by atoms with van der Waals surface area (Å²) >= 11 is 0. The van der Waals surface area contributed by atoms with Gasteiger partial charge in [0.05, 0.1) is 18.2 Å². The highest BCUT2D eigenvalue weighted by Crippen LogP contribution is 2.29. The van der Waals surface area contributed by atoms with Gasteiger partial charge in [-0.1, -0.05) is 44.9 Å². The van der Waals surface area contributed by atoms with Crippen molar-refractivity contribution in [2.24, 2.45) is 5.92 Å². The smallest absolute Gasteiger partial charge is 0.138 e. The Balaban J connectivity index is 1.43. The lowest BCUT2D eigenvalue weighted by atomic mass is 9.85. The third kappa shape index (κ3) is 4.18. The van der Waals surface area contributed by atoms with E-state index in [4.69, 9.17) is 0 Å². The van der Waals surface area contributed by atoms with Crippen molar-refractivity contribution < 1.29 is 4.79 Å². The minimum Gasteiger partial charge on any atom is -0.299 e. The lowest BCUT2D eigenvalue weighted by molar-refractivity contribution is -0.118. The van der Waals surface area contributed by atoms with Crippen molar-refractivity contribution in [2.75, 3.05) is 0 Å². The van der Waals surface area contributed by atoms with E-state index in [0.29, 0.717) is 18.2 Å². The van der Waals surface area contributed by atoms with Crippen molar-refractivity contribution in [1.29, 1.82) is 0 Å². The Morgan fingerprint density at radius 1 is 1.10 bits per heavy atom. The number of nitrogens with zero attached hydrogens (tertiary/aromatic N) is 2. The van der Waals surface area contributed by atoms with Crippen LogP contribution in [0, 0.1) is 5.92 Å². The first-order valence-corrected chi connectivity index (χ1v) is 8.87. The molecule has 2 aliphatic carbocycles. The van der Waals surface area contributed by atoms with Gasteiger partial charge < -0.3 is 0 Å². The van der Waals surface area contributed by atoms with Crippen molar-refractivity contribution in [3.63, 3.8) is 0 Å². The Morgan fingerprint density at radius 3 is 2.57 bits per heavy atom. The number of ketones is 1. The standard InChI is InChI=1S/C18H28N2O/c21-18(11-10-15-6-2-1-3-7-15)14-16-12-13-20(19-16)17-8-4-5-9-17/h12-13,15,17H,1-11,14H2. The zero-order valence-corrected chi connectivity index (χ0v) is 13.1. The Kier molecular flexibility index (Phi) is 5.10. The Hall–Kier alpha value is -1.12. The van der Waals surface area contributed by atoms with Gasteiger partial charge in [-0.25, -0.2) is 0 Å². The zero-order valence-electron chi connectivity index (χ0n) is 13.1. The second kappa shape index (κ2) is 7.24. The van der Waals surface area contributed by atoms with Gasteiger partial charge in [0, 0.05) is 12.6 Å². The van der Waals surface area contributed by atoms with Crippen molar-refractivity contribution >= 4 is 5.78 Å². The van der Waals surface area contributed by atoms with Crippen molar-refractivity contribution in [3.8, 4) is 0 Å². The van der Waals surface area contributed by atoms with Gasteiger partial charge in [-0.05, 0) is 31.2 Å². The van der Waals surface area contributed by atoms with E-state index in [1.54, 1.807) is 0 Å². The maximum Gasteiger partial charge on any atom is 0.138 e. The molecular weight excluding hydrogens is 260 g/mol. The highest BCUT2D eigenvalue weighted by Gasteiger charge is 2.19. The van der Waals surface area contributed by atoms with Gasteiger partial charge in [-0.15, -0.1) is 0 Å². The number of carbonyl (C=O) groups is 1. The van der Waals surface area contributed by atoms with Crippen LogP contribution < -0.4 is 0 Å². The molecule has 0 spiro atoms. The van der Waals surface area contributed by atoms with Gasteiger partial charge in [-0.2, -0.15) is 5.10 Å². The van der Waals surface area contributed by atoms with E-state index in [0.717, 1.165) is 24.5 Å². The molecule has 0 amide bonds. The fourth-order valence-corrected chi connectivity index (χ4v) is 3.98. The van der Waals surface area contributed by atoms with Gasteiger partial charge in [0.15, 0.2) is 0 Å². The molecule has 2 aliphatic rings. The number of carbonyl (C=O) groups excluding carboxylic acids is 1.